The molecule has 2 aromatic carbocycles. The molecule has 0 aromatic heterocycles. The average Bonchev–Trinajstić information content (AvgIpc) is 2.90. The molecular weight excluding hydrogens is 370 g/mol. The van der Waals surface area contributed by atoms with Gasteiger partial charge in [-0.3, -0.25) is 14.6 Å². The second-order valence-corrected chi connectivity index (χ2v) is 8.42. The Morgan fingerprint density at radius 1 is 1.07 bits per heavy atom. The normalized spacial score (nSPS) is 15.1. The predicted octanol–water partition coefficient (Wildman–Crippen LogP) is 1.61. The first-order valence-corrected chi connectivity index (χ1v) is 9.57. The highest BCUT2D eigenvalue weighted by Crippen LogP contribution is 2.33. The number of phenols is 1. The predicted molar refractivity (Wildman–Crippen MR) is 98.7 cm³/mol. The van der Waals surface area contributed by atoms with Crippen molar-refractivity contribution in [2.45, 2.75) is 11.4 Å². The molecule has 27 heavy (non-hydrogen) atoms. The zero-order valence-electron chi connectivity index (χ0n) is 14.9. The number of rotatable bonds is 5. The molecule has 0 saturated carbocycles. The number of benzene rings is 2. The molecule has 0 spiro atoms. The molecule has 0 radical (unpaired) electrons. The summed E-state index contributed by atoms with van der Waals surface area (Å²) in [6, 6.07) is 12.2. The molecule has 2 aromatic rings. The molecule has 0 aliphatic carbocycles. The summed E-state index contributed by atoms with van der Waals surface area (Å²) in [6.45, 7) is -0.0954. The molecule has 3 rings (SSSR count). The number of hydrogen-bond acceptors (Lipinski definition) is 5. The van der Waals surface area contributed by atoms with Gasteiger partial charge in [0.15, 0.2) is 0 Å². The van der Waals surface area contributed by atoms with Crippen molar-refractivity contribution in [3.63, 3.8) is 0 Å². The van der Waals surface area contributed by atoms with E-state index in [4.69, 9.17) is 0 Å². The Labute approximate surface area is 157 Å². The maximum Gasteiger partial charge on any atom is 0.332 e. The summed E-state index contributed by atoms with van der Waals surface area (Å²) in [5, 5.41) is 10.3. The van der Waals surface area contributed by atoms with Crippen molar-refractivity contribution in [1.29, 1.82) is 0 Å². The lowest BCUT2D eigenvalue weighted by Crippen LogP contribution is -2.32. The number of amides is 3. The van der Waals surface area contributed by atoms with Gasteiger partial charge in [-0.1, -0.05) is 30.3 Å². The molecule has 8 nitrogen and oxygen atoms in total. The van der Waals surface area contributed by atoms with Gasteiger partial charge in [0.2, 0.25) is 10.0 Å². The Morgan fingerprint density at radius 3 is 2.33 bits per heavy atom. The van der Waals surface area contributed by atoms with Gasteiger partial charge in [0, 0.05) is 20.2 Å². The fourth-order valence-electron chi connectivity index (χ4n) is 2.75. The van der Waals surface area contributed by atoms with Gasteiger partial charge in [0.05, 0.1) is 17.1 Å². The first-order valence-electron chi connectivity index (χ1n) is 8.13. The van der Waals surface area contributed by atoms with E-state index in [1.54, 1.807) is 0 Å². The van der Waals surface area contributed by atoms with Gasteiger partial charge < -0.3 is 5.11 Å². The van der Waals surface area contributed by atoms with E-state index in [9.17, 15) is 23.1 Å². The van der Waals surface area contributed by atoms with Crippen LogP contribution in [0.3, 0.4) is 0 Å². The first-order chi connectivity index (χ1) is 12.7. The molecule has 0 bridgehead atoms. The molecule has 0 atom stereocenters. The smallest absolute Gasteiger partial charge is 0.332 e. The van der Waals surface area contributed by atoms with Crippen molar-refractivity contribution in [3.8, 4) is 5.75 Å². The number of sulfonamides is 1. The Kier molecular flexibility index (Phi) is 4.90. The van der Waals surface area contributed by atoms with E-state index in [1.165, 1.54) is 26.2 Å². The summed E-state index contributed by atoms with van der Waals surface area (Å²) in [7, 11) is -0.964. The molecule has 9 heteroatoms. The summed E-state index contributed by atoms with van der Waals surface area (Å²) in [6.07, 6.45) is 0. The summed E-state index contributed by atoms with van der Waals surface area (Å²) < 4.78 is 25.3. The summed E-state index contributed by atoms with van der Waals surface area (Å²) >= 11 is 0. The van der Waals surface area contributed by atoms with E-state index in [0.29, 0.717) is 0 Å². The van der Waals surface area contributed by atoms with Crippen LogP contribution in [0.1, 0.15) is 5.56 Å². The van der Waals surface area contributed by atoms with Crippen LogP contribution in [0.25, 0.3) is 0 Å². The van der Waals surface area contributed by atoms with Crippen LogP contribution in [0.4, 0.5) is 10.5 Å². The SMILES string of the molecule is CN(C)S(=O)(=O)c1ccc(N2CC(=O)N(Cc3ccccc3)C2=O)c(O)c1. The van der Waals surface area contributed by atoms with Gasteiger partial charge >= 0.3 is 6.03 Å². The molecule has 1 fully saturated rings. The van der Waals surface area contributed by atoms with E-state index >= 15 is 0 Å². The number of imide groups is 1. The van der Waals surface area contributed by atoms with Crippen molar-refractivity contribution in [1.82, 2.24) is 9.21 Å². The highest BCUT2D eigenvalue weighted by Gasteiger charge is 2.38. The molecule has 1 aliphatic heterocycles. The zero-order chi connectivity index (χ0) is 19.8. The number of urea groups is 1. The Bertz CT molecular complexity index is 989. The summed E-state index contributed by atoms with van der Waals surface area (Å²) in [5.41, 5.74) is 0.888. The molecule has 1 heterocycles. The standard InChI is InChI=1S/C18H19N3O5S/c1-19(2)27(25,26)14-8-9-15(16(22)10-14)20-12-17(23)21(18(20)24)11-13-6-4-3-5-7-13/h3-10,22H,11-12H2,1-2H3. The number of aromatic hydroxyl groups is 1. The number of carbonyl (C=O) groups excluding carboxylic acids is 2. The molecule has 1 N–H and O–H groups in total. The topological polar surface area (TPSA) is 98.2 Å². The fraction of sp³-hybridized carbons (Fsp3) is 0.222. The van der Waals surface area contributed by atoms with E-state index < -0.39 is 22.0 Å². The van der Waals surface area contributed by atoms with Gasteiger partial charge in [-0.05, 0) is 17.7 Å². The number of nitrogens with zero attached hydrogens (tertiary/aromatic N) is 3. The third-order valence-electron chi connectivity index (χ3n) is 4.26. The molecule has 3 amide bonds. The second-order valence-electron chi connectivity index (χ2n) is 6.27. The van der Waals surface area contributed by atoms with Gasteiger partial charge in [-0.2, -0.15) is 0 Å². The van der Waals surface area contributed by atoms with E-state index in [-0.39, 0.29) is 29.4 Å². The Balaban J connectivity index is 1.87. The number of phenolic OH excluding ortho intramolecular Hbond substituents is 1. The lowest BCUT2D eigenvalue weighted by molar-refractivity contribution is -0.125. The lowest BCUT2D eigenvalue weighted by Gasteiger charge is -2.19. The fourth-order valence-corrected chi connectivity index (χ4v) is 3.68. The Hall–Kier alpha value is -2.91. The highest BCUT2D eigenvalue weighted by atomic mass is 32.2. The Morgan fingerprint density at radius 2 is 1.74 bits per heavy atom. The van der Waals surface area contributed by atoms with Crippen LogP contribution < -0.4 is 4.90 Å². The molecular formula is C18H19N3O5S. The van der Waals surface area contributed by atoms with Gasteiger partial charge in [0.25, 0.3) is 5.91 Å². The van der Waals surface area contributed by atoms with Crippen molar-refractivity contribution >= 4 is 27.6 Å². The highest BCUT2D eigenvalue weighted by molar-refractivity contribution is 7.89. The number of carbonyl (C=O) groups is 2. The quantitative estimate of drug-likeness (QED) is 0.784. The second kappa shape index (κ2) is 7.01. The van der Waals surface area contributed by atoms with Crippen molar-refractivity contribution in [3.05, 3.63) is 54.1 Å². The van der Waals surface area contributed by atoms with Crippen LogP contribution in [-0.2, 0) is 21.4 Å². The van der Waals surface area contributed by atoms with Crippen molar-refractivity contribution in [2.75, 3.05) is 25.5 Å². The van der Waals surface area contributed by atoms with Crippen LogP contribution in [-0.4, -0.2) is 55.3 Å². The summed E-state index contributed by atoms with van der Waals surface area (Å²) in [4.78, 5) is 27.1. The van der Waals surface area contributed by atoms with Crippen molar-refractivity contribution in [2.24, 2.45) is 0 Å². The first kappa shape index (κ1) is 18.9. The van der Waals surface area contributed by atoms with Crippen LogP contribution >= 0.6 is 0 Å². The van der Waals surface area contributed by atoms with E-state index in [1.807, 2.05) is 30.3 Å². The number of hydrogen-bond donors (Lipinski definition) is 1. The van der Waals surface area contributed by atoms with Gasteiger partial charge in [0.1, 0.15) is 12.3 Å². The third kappa shape index (κ3) is 3.51. The number of anilines is 1. The molecule has 1 saturated heterocycles. The minimum Gasteiger partial charge on any atom is -0.506 e. The van der Waals surface area contributed by atoms with Crippen LogP contribution in [0.15, 0.2) is 53.4 Å². The third-order valence-corrected chi connectivity index (χ3v) is 6.07. The average molecular weight is 389 g/mol. The minimum absolute atomic E-state index is 0.0848. The zero-order valence-corrected chi connectivity index (χ0v) is 15.7. The molecule has 0 unspecified atom stereocenters. The molecule has 1 aliphatic rings. The minimum atomic E-state index is -3.72. The lowest BCUT2D eigenvalue weighted by atomic mass is 10.2. The summed E-state index contributed by atoms with van der Waals surface area (Å²) in [5.74, 6) is -0.783. The largest absolute Gasteiger partial charge is 0.506 e. The maximum atomic E-state index is 12.7. The molecule has 142 valence electrons. The van der Waals surface area contributed by atoms with Crippen LogP contribution in [0.2, 0.25) is 0 Å². The van der Waals surface area contributed by atoms with E-state index in [0.717, 1.165) is 25.7 Å². The van der Waals surface area contributed by atoms with Crippen LogP contribution in [0, 0.1) is 0 Å². The van der Waals surface area contributed by atoms with Crippen LogP contribution in [0.5, 0.6) is 5.75 Å². The monoisotopic (exact) mass is 389 g/mol. The van der Waals surface area contributed by atoms with Gasteiger partial charge in [-0.15, -0.1) is 0 Å². The maximum absolute atomic E-state index is 12.7. The van der Waals surface area contributed by atoms with E-state index in [2.05, 4.69) is 0 Å². The van der Waals surface area contributed by atoms with Gasteiger partial charge in [-0.25, -0.2) is 17.5 Å². The van der Waals surface area contributed by atoms with Crippen molar-refractivity contribution < 1.29 is 23.1 Å².